The summed E-state index contributed by atoms with van der Waals surface area (Å²) in [5.74, 6) is 0. The third-order valence-electron chi connectivity index (χ3n) is 3.93. The normalized spacial score (nSPS) is 12.0. The van der Waals surface area contributed by atoms with E-state index in [0.717, 1.165) is 43.9 Å². The molecule has 5 aromatic rings. The highest BCUT2D eigenvalue weighted by atomic mass is 35.5. The highest BCUT2D eigenvalue weighted by Gasteiger charge is 2.12. The standard InChI is InChI=1S/C18H9ClO2/c19-10-5-6-16-12(7-10)14-9-17-13(8-18(14)21-16)11-3-1-2-4-15(11)20-17/h1-9H. The molecule has 0 saturated heterocycles. The van der Waals surface area contributed by atoms with E-state index in [4.69, 9.17) is 20.4 Å². The lowest BCUT2D eigenvalue weighted by Crippen LogP contribution is -1.69. The molecule has 0 atom stereocenters. The number of rotatable bonds is 0. The molecule has 0 bridgehead atoms. The van der Waals surface area contributed by atoms with Crippen molar-refractivity contribution in [1.82, 2.24) is 0 Å². The van der Waals surface area contributed by atoms with Crippen molar-refractivity contribution in [3.63, 3.8) is 0 Å². The number of fused-ring (bicyclic) bond motifs is 6. The number of benzene rings is 3. The predicted octanol–water partition coefficient (Wildman–Crippen LogP) is 6.14. The molecule has 3 heteroatoms. The van der Waals surface area contributed by atoms with E-state index in [2.05, 4.69) is 6.07 Å². The van der Waals surface area contributed by atoms with Crippen LogP contribution in [-0.2, 0) is 0 Å². The van der Waals surface area contributed by atoms with Crippen LogP contribution in [0.3, 0.4) is 0 Å². The van der Waals surface area contributed by atoms with Gasteiger partial charge in [-0.3, -0.25) is 0 Å². The molecule has 0 aliphatic heterocycles. The Kier molecular flexibility index (Phi) is 2.04. The summed E-state index contributed by atoms with van der Waals surface area (Å²) in [6.07, 6.45) is 0. The molecule has 100 valence electrons. The van der Waals surface area contributed by atoms with Crippen LogP contribution in [0, 0.1) is 0 Å². The van der Waals surface area contributed by atoms with Gasteiger partial charge in [0.1, 0.15) is 22.3 Å². The molecule has 2 heterocycles. The van der Waals surface area contributed by atoms with Gasteiger partial charge in [-0.1, -0.05) is 29.8 Å². The fraction of sp³-hybridized carbons (Fsp3) is 0. The molecule has 3 aromatic carbocycles. The number of furan rings is 2. The average molecular weight is 293 g/mol. The van der Waals surface area contributed by atoms with E-state index in [1.54, 1.807) is 0 Å². The SMILES string of the molecule is Clc1ccc2oc3cc4c(cc3c2c1)oc1ccccc14. The maximum atomic E-state index is 6.09. The van der Waals surface area contributed by atoms with Crippen LogP contribution >= 0.6 is 11.6 Å². The van der Waals surface area contributed by atoms with E-state index in [1.807, 2.05) is 48.5 Å². The van der Waals surface area contributed by atoms with Gasteiger partial charge in [0, 0.05) is 26.6 Å². The van der Waals surface area contributed by atoms with Gasteiger partial charge in [0.15, 0.2) is 0 Å². The topological polar surface area (TPSA) is 26.3 Å². The first-order chi connectivity index (χ1) is 10.3. The minimum atomic E-state index is 0.704. The van der Waals surface area contributed by atoms with Crippen LogP contribution < -0.4 is 0 Å². The smallest absolute Gasteiger partial charge is 0.136 e. The molecular weight excluding hydrogens is 284 g/mol. The van der Waals surface area contributed by atoms with E-state index in [0.29, 0.717) is 5.02 Å². The molecule has 0 saturated carbocycles. The molecule has 0 spiro atoms. The molecule has 0 fully saturated rings. The summed E-state index contributed by atoms with van der Waals surface area (Å²) in [5, 5.41) is 4.92. The highest BCUT2D eigenvalue weighted by molar-refractivity contribution is 6.31. The molecule has 0 aliphatic carbocycles. The van der Waals surface area contributed by atoms with Gasteiger partial charge in [-0.2, -0.15) is 0 Å². The zero-order chi connectivity index (χ0) is 14.0. The molecule has 0 radical (unpaired) electrons. The third kappa shape index (κ3) is 1.48. The minimum absolute atomic E-state index is 0.704. The second-order valence-corrected chi connectivity index (χ2v) is 5.62. The number of hydrogen-bond donors (Lipinski definition) is 0. The monoisotopic (exact) mass is 292 g/mol. The Labute approximate surface area is 124 Å². The van der Waals surface area contributed by atoms with Gasteiger partial charge in [0.05, 0.1) is 0 Å². The van der Waals surface area contributed by atoms with E-state index in [1.165, 1.54) is 0 Å². The average Bonchev–Trinajstić information content (AvgIpc) is 3.02. The fourth-order valence-electron chi connectivity index (χ4n) is 2.97. The molecular formula is C18H9ClO2. The molecule has 0 aliphatic rings. The first-order valence-corrected chi connectivity index (χ1v) is 7.10. The lowest BCUT2D eigenvalue weighted by molar-refractivity contribution is 0.664. The Morgan fingerprint density at radius 3 is 2.00 bits per heavy atom. The lowest BCUT2D eigenvalue weighted by atomic mass is 10.1. The van der Waals surface area contributed by atoms with Crippen molar-refractivity contribution in [3.05, 3.63) is 59.6 Å². The Morgan fingerprint density at radius 1 is 0.571 bits per heavy atom. The number of hydrogen-bond acceptors (Lipinski definition) is 2. The van der Waals surface area contributed by atoms with Crippen LogP contribution in [0.5, 0.6) is 0 Å². The first kappa shape index (κ1) is 11.2. The minimum Gasteiger partial charge on any atom is -0.456 e. The van der Waals surface area contributed by atoms with Gasteiger partial charge in [0.2, 0.25) is 0 Å². The van der Waals surface area contributed by atoms with Gasteiger partial charge in [-0.25, -0.2) is 0 Å². The summed E-state index contributed by atoms with van der Waals surface area (Å²) in [6.45, 7) is 0. The Morgan fingerprint density at radius 2 is 1.19 bits per heavy atom. The Bertz CT molecular complexity index is 1150. The summed E-state index contributed by atoms with van der Waals surface area (Å²) >= 11 is 6.09. The van der Waals surface area contributed by atoms with Crippen LogP contribution in [0.1, 0.15) is 0 Å². The Balaban J connectivity index is 2.02. The van der Waals surface area contributed by atoms with Crippen LogP contribution in [0.2, 0.25) is 5.02 Å². The maximum Gasteiger partial charge on any atom is 0.136 e. The van der Waals surface area contributed by atoms with Crippen molar-refractivity contribution in [2.75, 3.05) is 0 Å². The zero-order valence-electron chi connectivity index (χ0n) is 10.9. The van der Waals surface area contributed by atoms with Crippen molar-refractivity contribution in [3.8, 4) is 0 Å². The molecule has 2 nitrogen and oxygen atoms in total. The van der Waals surface area contributed by atoms with E-state index in [-0.39, 0.29) is 0 Å². The number of halogens is 1. The molecule has 0 amide bonds. The van der Waals surface area contributed by atoms with Crippen molar-refractivity contribution in [2.45, 2.75) is 0 Å². The Hall–Kier alpha value is -2.45. The van der Waals surface area contributed by atoms with E-state index < -0.39 is 0 Å². The van der Waals surface area contributed by atoms with Gasteiger partial charge in [-0.05, 0) is 36.4 Å². The van der Waals surface area contributed by atoms with Gasteiger partial charge in [0.25, 0.3) is 0 Å². The van der Waals surface area contributed by atoms with E-state index >= 15 is 0 Å². The second kappa shape index (κ2) is 3.80. The second-order valence-electron chi connectivity index (χ2n) is 5.19. The molecule has 0 unspecified atom stereocenters. The highest BCUT2D eigenvalue weighted by Crippen LogP contribution is 2.37. The first-order valence-electron chi connectivity index (χ1n) is 6.73. The van der Waals surface area contributed by atoms with Gasteiger partial charge in [-0.15, -0.1) is 0 Å². The summed E-state index contributed by atoms with van der Waals surface area (Å²) in [4.78, 5) is 0. The molecule has 0 N–H and O–H groups in total. The summed E-state index contributed by atoms with van der Waals surface area (Å²) in [5.41, 5.74) is 3.45. The lowest BCUT2D eigenvalue weighted by Gasteiger charge is -1.91. The number of para-hydroxylation sites is 1. The summed E-state index contributed by atoms with van der Waals surface area (Å²) in [6, 6.07) is 17.8. The summed E-state index contributed by atoms with van der Waals surface area (Å²) < 4.78 is 11.9. The van der Waals surface area contributed by atoms with Crippen LogP contribution in [0.15, 0.2) is 63.4 Å². The fourth-order valence-corrected chi connectivity index (χ4v) is 3.14. The quantitative estimate of drug-likeness (QED) is 0.343. The predicted molar refractivity (Wildman–Crippen MR) is 86.0 cm³/mol. The zero-order valence-corrected chi connectivity index (χ0v) is 11.6. The maximum absolute atomic E-state index is 6.09. The van der Waals surface area contributed by atoms with Crippen LogP contribution in [0.25, 0.3) is 43.9 Å². The van der Waals surface area contributed by atoms with Gasteiger partial charge >= 0.3 is 0 Å². The van der Waals surface area contributed by atoms with Gasteiger partial charge < -0.3 is 8.83 Å². The molecule has 21 heavy (non-hydrogen) atoms. The molecule has 2 aromatic heterocycles. The van der Waals surface area contributed by atoms with Crippen LogP contribution in [-0.4, -0.2) is 0 Å². The van der Waals surface area contributed by atoms with Crippen molar-refractivity contribution in [1.29, 1.82) is 0 Å². The van der Waals surface area contributed by atoms with Crippen molar-refractivity contribution < 1.29 is 8.83 Å². The van der Waals surface area contributed by atoms with Crippen molar-refractivity contribution >= 4 is 55.5 Å². The largest absolute Gasteiger partial charge is 0.456 e. The third-order valence-corrected chi connectivity index (χ3v) is 4.17. The van der Waals surface area contributed by atoms with Crippen LogP contribution in [0.4, 0.5) is 0 Å². The molecule has 5 rings (SSSR count). The summed E-state index contributed by atoms with van der Waals surface area (Å²) in [7, 11) is 0. The van der Waals surface area contributed by atoms with E-state index in [9.17, 15) is 0 Å². The van der Waals surface area contributed by atoms with Crippen molar-refractivity contribution in [2.24, 2.45) is 0 Å².